The molecule has 1 aromatic rings. The maximum atomic E-state index is 11.3. The average Bonchev–Trinajstić information content (AvgIpc) is 2.34. The van der Waals surface area contributed by atoms with Gasteiger partial charge in [-0.3, -0.25) is 9.69 Å². The number of hydrogen-bond donors (Lipinski definition) is 1. The van der Waals surface area contributed by atoms with E-state index >= 15 is 0 Å². The van der Waals surface area contributed by atoms with Crippen LogP contribution in [0.2, 0.25) is 0 Å². The van der Waals surface area contributed by atoms with Gasteiger partial charge < -0.3 is 5.73 Å². The minimum atomic E-state index is -0.158. The summed E-state index contributed by atoms with van der Waals surface area (Å²) in [5, 5.41) is 0. The summed E-state index contributed by atoms with van der Waals surface area (Å²) in [7, 11) is 0. The Morgan fingerprint density at radius 2 is 2.06 bits per heavy atom. The highest BCUT2D eigenvalue weighted by molar-refractivity contribution is 14.1. The maximum absolute atomic E-state index is 11.3. The number of halogens is 1. The third kappa shape index (κ3) is 3.45. The number of likely N-dealkylation sites (tertiary alicyclic amines) is 1. The van der Waals surface area contributed by atoms with Gasteiger partial charge in [0.1, 0.15) is 0 Å². The van der Waals surface area contributed by atoms with Gasteiger partial charge in [-0.2, -0.15) is 0 Å². The summed E-state index contributed by atoms with van der Waals surface area (Å²) in [6.07, 6.45) is 1.98. The van der Waals surface area contributed by atoms with E-state index in [4.69, 9.17) is 5.73 Å². The molecule has 0 spiro atoms. The van der Waals surface area contributed by atoms with Gasteiger partial charge in [0.25, 0.3) is 0 Å². The summed E-state index contributed by atoms with van der Waals surface area (Å²) in [6, 6.07) is 9.08. The molecular weight excluding hydrogens is 339 g/mol. The molecule has 98 valence electrons. The second-order valence-corrected chi connectivity index (χ2v) is 6.33. The molecule has 0 saturated carbocycles. The lowest BCUT2D eigenvalue weighted by molar-refractivity contribution is -0.124. The van der Waals surface area contributed by atoms with Crippen molar-refractivity contribution in [2.45, 2.75) is 32.4 Å². The molecule has 1 aromatic carbocycles. The monoisotopic (exact) mass is 358 g/mol. The molecule has 1 heterocycles. The number of hydrogen-bond acceptors (Lipinski definition) is 2. The van der Waals surface area contributed by atoms with Crippen LogP contribution in [0.4, 0.5) is 0 Å². The van der Waals surface area contributed by atoms with Crippen LogP contribution in [0.15, 0.2) is 24.3 Å². The Hall–Kier alpha value is -0.620. The summed E-state index contributed by atoms with van der Waals surface area (Å²) in [4.78, 5) is 13.7. The van der Waals surface area contributed by atoms with Crippen molar-refractivity contribution in [2.24, 2.45) is 11.7 Å². The number of nitrogens with zero attached hydrogens (tertiary/aromatic N) is 1. The first-order valence-corrected chi connectivity index (χ1v) is 7.42. The highest BCUT2D eigenvalue weighted by atomic mass is 127. The molecule has 1 aliphatic rings. The SMILES string of the molecule is CC1CCC(C(N)=O)CN1Cc1ccc(I)cc1. The van der Waals surface area contributed by atoms with Gasteiger partial charge in [0, 0.05) is 22.7 Å². The first kappa shape index (κ1) is 13.8. The number of benzene rings is 1. The Morgan fingerprint density at radius 1 is 1.39 bits per heavy atom. The second-order valence-electron chi connectivity index (χ2n) is 5.08. The van der Waals surface area contributed by atoms with Gasteiger partial charge in [-0.05, 0) is 60.1 Å². The maximum Gasteiger partial charge on any atom is 0.221 e. The van der Waals surface area contributed by atoms with Crippen molar-refractivity contribution in [3.63, 3.8) is 0 Å². The van der Waals surface area contributed by atoms with E-state index in [-0.39, 0.29) is 11.8 Å². The molecule has 2 N–H and O–H groups in total. The topological polar surface area (TPSA) is 46.3 Å². The Kier molecular flexibility index (Phi) is 4.61. The number of carbonyl (C=O) groups excluding carboxylic acids is 1. The van der Waals surface area contributed by atoms with Crippen molar-refractivity contribution in [1.82, 2.24) is 4.90 Å². The van der Waals surface area contributed by atoms with Crippen LogP contribution in [-0.4, -0.2) is 23.4 Å². The second kappa shape index (κ2) is 6.02. The molecule has 2 unspecified atom stereocenters. The van der Waals surface area contributed by atoms with E-state index in [1.54, 1.807) is 0 Å². The largest absolute Gasteiger partial charge is 0.369 e. The van der Waals surface area contributed by atoms with Crippen molar-refractivity contribution in [1.29, 1.82) is 0 Å². The van der Waals surface area contributed by atoms with Gasteiger partial charge in [0.15, 0.2) is 0 Å². The van der Waals surface area contributed by atoms with Crippen LogP contribution in [0.3, 0.4) is 0 Å². The lowest BCUT2D eigenvalue weighted by Crippen LogP contribution is -2.45. The van der Waals surface area contributed by atoms with Crippen LogP contribution in [0.5, 0.6) is 0 Å². The molecule has 4 heteroatoms. The standard InChI is InChI=1S/C14H19IN2O/c1-10-2-5-12(14(16)18)9-17(10)8-11-3-6-13(15)7-4-11/h3-4,6-7,10,12H,2,5,8-9H2,1H3,(H2,16,18). The number of amides is 1. The van der Waals surface area contributed by atoms with Gasteiger partial charge in [-0.15, -0.1) is 0 Å². The summed E-state index contributed by atoms with van der Waals surface area (Å²) in [6.45, 7) is 3.92. The lowest BCUT2D eigenvalue weighted by atomic mass is 9.92. The van der Waals surface area contributed by atoms with Crippen LogP contribution in [-0.2, 0) is 11.3 Å². The minimum Gasteiger partial charge on any atom is -0.369 e. The van der Waals surface area contributed by atoms with Crippen LogP contribution in [0, 0.1) is 9.49 Å². The average molecular weight is 358 g/mol. The van der Waals surface area contributed by atoms with E-state index in [0.29, 0.717) is 6.04 Å². The fourth-order valence-corrected chi connectivity index (χ4v) is 2.82. The molecule has 0 radical (unpaired) electrons. The molecule has 0 aromatic heterocycles. The smallest absolute Gasteiger partial charge is 0.221 e. The summed E-state index contributed by atoms with van der Waals surface area (Å²) in [5.41, 5.74) is 6.72. The quantitative estimate of drug-likeness (QED) is 0.844. The summed E-state index contributed by atoms with van der Waals surface area (Å²) < 4.78 is 1.25. The van der Waals surface area contributed by atoms with Gasteiger partial charge in [-0.25, -0.2) is 0 Å². The predicted octanol–water partition coefficient (Wildman–Crippen LogP) is 2.38. The number of piperidine rings is 1. The van der Waals surface area contributed by atoms with Crippen molar-refractivity contribution < 1.29 is 4.79 Å². The van der Waals surface area contributed by atoms with Crippen LogP contribution in [0.25, 0.3) is 0 Å². The minimum absolute atomic E-state index is 0.0186. The summed E-state index contributed by atoms with van der Waals surface area (Å²) >= 11 is 2.31. The molecule has 1 fully saturated rings. The first-order chi connectivity index (χ1) is 8.56. The first-order valence-electron chi connectivity index (χ1n) is 6.34. The lowest BCUT2D eigenvalue weighted by Gasteiger charge is -2.36. The van der Waals surface area contributed by atoms with E-state index in [9.17, 15) is 4.79 Å². The van der Waals surface area contributed by atoms with Gasteiger partial charge >= 0.3 is 0 Å². The van der Waals surface area contributed by atoms with Crippen LogP contribution < -0.4 is 5.73 Å². The number of nitrogens with two attached hydrogens (primary N) is 1. The van der Waals surface area contributed by atoms with Gasteiger partial charge in [0.05, 0.1) is 5.92 Å². The van der Waals surface area contributed by atoms with E-state index in [1.807, 2.05) is 0 Å². The summed E-state index contributed by atoms with van der Waals surface area (Å²) in [5.74, 6) is -0.139. The third-order valence-electron chi connectivity index (χ3n) is 3.71. The molecule has 1 aliphatic heterocycles. The molecule has 2 atom stereocenters. The Labute approximate surface area is 122 Å². The zero-order valence-electron chi connectivity index (χ0n) is 10.6. The van der Waals surface area contributed by atoms with E-state index in [2.05, 4.69) is 58.7 Å². The molecule has 0 bridgehead atoms. The third-order valence-corrected chi connectivity index (χ3v) is 4.43. The van der Waals surface area contributed by atoms with Gasteiger partial charge in [-0.1, -0.05) is 12.1 Å². The molecule has 1 amide bonds. The Balaban J connectivity index is 2.02. The predicted molar refractivity (Wildman–Crippen MR) is 80.9 cm³/mol. The van der Waals surface area contributed by atoms with Crippen LogP contribution >= 0.6 is 22.6 Å². The molecule has 18 heavy (non-hydrogen) atoms. The van der Waals surface area contributed by atoms with E-state index in [1.165, 1.54) is 9.13 Å². The molecule has 0 aliphatic carbocycles. The van der Waals surface area contributed by atoms with Crippen molar-refractivity contribution in [2.75, 3.05) is 6.54 Å². The fraction of sp³-hybridized carbons (Fsp3) is 0.500. The van der Waals surface area contributed by atoms with E-state index in [0.717, 1.165) is 25.9 Å². The number of rotatable bonds is 3. The van der Waals surface area contributed by atoms with Crippen molar-refractivity contribution in [3.8, 4) is 0 Å². The highest BCUT2D eigenvalue weighted by Gasteiger charge is 2.28. The zero-order chi connectivity index (χ0) is 13.1. The zero-order valence-corrected chi connectivity index (χ0v) is 12.8. The number of carbonyl (C=O) groups is 1. The van der Waals surface area contributed by atoms with E-state index < -0.39 is 0 Å². The van der Waals surface area contributed by atoms with Gasteiger partial charge in [0.2, 0.25) is 5.91 Å². The Morgan fingerprint density at radius 3 is 2.67 bits per heavy atom. The molecule has 3 nitrogen and oxygen atoms in total. The molecular formula is C14H19IN2O. The normalized spacial score (nSPS) is 25.0. The molecule has 2 rings (SSSR count). The van der Waals surface area contributed by atoms with Crippen molar-refractivity contribution >= 4 is 28.5 Å². The number of primary amides is 1. The van der Waals surface area contributed by atoms with Crippen molar-refractivity contribution in [3.05, 3.63) is 33.4 Å². The highest BCUT2D eigenvalue weighted by Crippen LogP contribution is 2.23. The van der Waals surface area contributed by atoms with Crippen LogP contribution in [0.1, 0.15) is 25.3 Å². The fourth-order valence-electron chi connectivity index (χ4n) is 2.46. The Bertz CT molecular complexity index is 418. The molecule has 1 saturated heterocycles.